The van der Waals surface area contributed by atoms with Crippen LogP contribution in [-0.4, -0.2) is 24.5 Å². The Morgan fingerprint density at radius 3 is 1.95 bits per heavy atom. The molecule has 1 aliphatic carbocycles. The number of ketones is 2. The molecule has 21 heavy (non-hydrogen) atoms. The van der Waals surface area contributed by atoms with Crippen LogP contribution in [0.3, 0.4) is 0 Å². The van der Waals surface area contributed by atoms with Gasteiger partial charge in [0.25, 0.3) is 0 Å². The van der Waals surface area contributed by atoms with E-state index in [1.165, 1.54) is 18.2 Å². The van der Waals surface area contributed by atoms with Crippen LogP contribution in [0.1, 0.15) is 31.8 Å². The average Bonchev–Trinajstić information content (AvgIpc) is 2.43. The van der Waals surface area contributed by atoms with Crippen molar-refractivity contribution in [3.63, 3.8) is 0 Å². The molecule has 0 amide bonds. The summed E-state index contributed by atoms with van der Waals surface area (Å²) in [6.07, 6.45) is 0. The van der Waals surface area contributed by atoms with Gasteiger partial charge in [0.2, 0.25) is 0 Å². The molecule has 0 spiro atoms. The van der Waals surface area contributed by atoms with Crippen molar-refractivity contribution >= 4 is 26.2 Å². The molecule has 0 atom stereocenters. The molecule has 1 aliphatic rings. The third kappa shape index (κ3) is 2.24. The third-order valence-electron chi connectivity index (χ3n) is 3.24. The Labute approximate surface area is 128 Å². The Morgan fingerprint density at radius 2 is 1.33 bits per heavy atom. The van der Waals surface area contributed by atoms with Gasteiger partial charge in [-0.05, 0) is 0 Å². The number of rotatable bonds is 1. The maximum atomic E-state index is 12.4. The molecule has 3 rings (SSSR count). The van der Waals surface area contributed by atoms with Crippen molar-refractivity contribution in [2.75, 3.05) is 0 Å². The topological polar surface area (TPSA) is 88.5 Å². The van der Waals surface area contributed by atoms with Gasteiger partial charge in [-0.2, -0.15) is 0 Å². The van der Waals surface area contributed by atoms with Crippen molar-refractivity contribution in [2.45, 2.75) is 4.90 Å². The van der Waals surface area contributed by atoms with Crippen molar-refractivity contribution in [2.24, 2.45) is 0 Å². The van der Waals surface area contributed by atoms with Gasteiger partial charge in [0, 0.05) is 0 Å². The molecule has 108 valence electrons. The molecule has 7 heteroatoms. The summed E-state index contributed by atoms with van der Waals surface area (Å²) in [7, 11) is -4.44. The first-order valence-corrected chi connectivity index (χ1v) is 7.73. The quantitative estimate of drug-likeness (QED) is 0.661. The normalized spacial score (nSPS) is 13.9. The van der Waals surface area contributed by atoms with Crippen LogP contribution in [-0.2, 0) is 25.9 Å². The molecule has 2 aromatic carbocycles. The molecule has 0 saturated carbocycles. The van der Waals surface area contributed by atoms with Gasteiger partial charge in [-0.15, -0.1) is 0 Å². The van der Waals surface area contributed by atoms with Crippen LogP contribution >= 0.6 is 0 Å². The molecule has 1 N–H and O–H groups in total. The zero-order valence-corrected chi connectivity index (χ0v) is 12.1. The fraction of sp³-hybridized carbons (Fsp3) is 0. The predicted octanol–water partition coefficient (Wildman–Crippen LogP) is 0.881. The van der Waals surface area contributed by atoms with Crippen molar-refractivity contribution in [3.8, 4) is 0 Å². The van der Waals surface area contributed by atoms with E-state index >= 15 is 0 Å². The molecule has 0 heterocycles. The molecule has 5 nitrogen and oxygen atoms in total. The first-order valence-electron chi connectivity index (χ1n) is 5.77. The first kappa shape index (κ1) is 14.1. The summed E-state index contributed by atoms with van der Waals surface area (Å²) < 4.78 is 31.9. The first-order chi connectivity index (χ1) is 9.79. The Balaban J connectivity index is 2.29. The Hall–Kier alpha value is -1.80. The summed E-state index contributed by atoms with van der Waals surface area (Å²) >= 11 is 4.18. The van der Waals surface area contributed by atoms with E-state index in [2.05, 4.69) is 15.7 Å². The van der Waals surface area contributed by atoms with E-state index in [0.717, 1.165) is 12.1 Å². The molecule has 0 saturated heterocycles. The minimum absolute atomic E-state index is 0.0410. The van der Waals surface area contributed by atoms with Gasteiger partial charge in [-0.3, -0.25) is 0 Å². The van der Waals surface area contributed by atoms with Crippen LogP contribution < -0.4 is 4.50 Å². The van der Waals surface area contributed by atoms with Gasteiger partial charge in [-0.25, -0.2) is 0 Å². The zero-order chi connectivity index (χ0) is 15.4. The summed E-state index contributed by atoms with van der Waals surface area (Å²) in [4.78, 5) is 24.3. The number of benzene rings is 2. The van der Waals surface area contributed by atoms with E-state index in [1.807, 2.05) is 0 Å². The molecular weight excluding hydrogens is 339 g/mol. The summed E-state index contributed by atoms with van der Waals surface area (Å²) in [5.74, 6) is -0.839. The Bertz CT molecular complexity index is 915. The summed E-state index contributed by atoms with van der Waals surface area (Å²) in [6, 6.07) is 7.90. The molecular formula is C14H7CoO5S. The number of carbonyl (C=O) groups excluding carboxylic acids is 2. The van der Waals surface area contributed by atoms with Gasteiger partial charge in [0.1, 0.15) is 0 Å². The second kappa shape index (κ2) is 4.60. The SMILES string of the molecule is O=C1c2cc[c]([Co])cc2C(=O)c2cc(S(=O)(=O)O)ccc21. The molecule has 0 fully saturated rings. The van der Waals surface area contributed by atoms with E-state index in [1.54, 1.807) is 6.07 Å². The van der Waals surface area contributed by atoms with Gasteiger partial charge < -0.3 is 0 Å². The number of fused-ring (bicyclic) bond motifs is 2. The molecule has 0 aliphatic heterocycles. The standard InChI is InChI=1S/C14H7O5S.Co/c15-13-9-3-1-2-4-10(9)14(16)12-7-8(20(17,18)19)5-6-11(12)13;/h1,3-7H,(H,17,18,19);. The van der Waals surface area contributed by atoms with Gasteiger partial charge >= 0.3 is 128 Å². The van der Waals surface area contributed by atoms with Crippen molar-refractivity contribution < 1.29 is 38.3 Å². The van der Waals surface area contributed by atoms with E-state index < -0.39 is 20.8 Å². The Morgan fingerprint density at radius 1 is 0.810 bits per heavy atom. The second-order valence-electron chi connectivity index (χ2n) is 4.50. The molecule has 0 radical (unpaired) electrons. The molecule has 0 bridgehead atoms. The monoisotopic (exact) mass is 346 g/mol. The van der Waals surface area contributed by atoms with Gasteiger partial charge in [0.05, 0.1) is 0 Å². The second-order valence-corrected chi connectivity index (χ2v) is 6.53. The fourth-order valence-corrected chi connectivity index (χ4v) is 3.00. The van der Waals surface area contributed by atoms with Crippen molar-refractivity contribution in [3.05, 3.63) is 58.7 Å². The van der Waals surface area contributed by atoms with Crippen LogP contribution in [0.25, 0.3) is 0 Å². The van der Waals surface area contributed by atoms with E-state index in [4.69, 9.17) is 4.55 Å². The molecule has 0 aromatic heterocycles. The van der Waals surface area contributed by atoms with Crippen LogP contribution in [0.2, 0.25) is 0 Å². The molecule has 0 unspecified atom stereocenters. The predicted molar refractivity (Wildman–Crippen MR) is 69.2 cm³/mol. The summed E-state index contributed by atoms with van der Waals surface area (Å²) in [5, 5.41) is 0. The number of carbonyl (C=O) groups is 2. The zero-order valence-electron chi connectivity index (χ0n) is 10.3. The van der Waals surface area contributed by atoms with E-state index in [9.17, 15) is 18.0 Å². The fourth-order valence-electron chi connectivity index (χ4n) is 2.25. The van der Waals surface area contributed by atoms with Crippen molar-refractivity contribution in [1.82, 2.24) is 0 Å². The van der Waals surface area contributed by atoms with Crippen LogP contribution in [0.15, 0.2) is 41.3 Å². The van der Waals surface area contributed by atoms with Crippen molar-refractivity contribution in [1.29, 1.82) is 0 Å². The van der Waals surface area contributed by atoms with Gasteiger partial charge in [-0.1, -0.05) is 0 Å². The van der Waals surface area contributed by atoms with E-state index in [-0.39, 0.29) is 28.0 Å². The van der Waals surface area contributed by atoms with Crippen LogP contribution in [0, 0.1) is 0 Å². The number of hydrogen-bond acceptors (Lipinski definition) is 4. The average molecular weight is 346 g/mol. The summed E-state index contributed by atoms with van der Waals surface area (Å²) in [5.41, 5.74) is 0.501. The Kier molecular flexibility index (Phi) is 3.10. The van der Waals surface area contributed by atoms with Gasteiger partial charge in [0.15, 0.2) is 0 Å². The van der Waals surface area contributed by atoms with E-state index in [0.29, 0.717) is 4.50 Å². The number of hydrogen-bond donors (Lipinski definition) is 1. The minimum atomic E-state index is -4.44. The summed E-state index contributed by atoms with van der Waals surface area (Å²) in [6.45, 7) is 0. The third-order valence-corrected chi connectivity index (χ3v) is 4.41. The molecule has 2 aromatic rings. The maximum absolute atomic E-state index is 12.4. The van der Waals surface area contributed by atoms with Crippen LogP contribution in [0.5, 0.6) is 0 Å². The van der Waals surface area contributed by atoms with Crippen LogP contribution in [0.4, 0.5) is 0 Å².